The minimum absolute atomic E-state index is 0.328. The van der Waals surface area contributed by atoms with Gasteiger partial charge in [-0.25, -0.2) is 9.37 Å². The second-order valence-electron chi connectivity index (χ2n) is 3.42. The van der Waals surface area contributed by atoms with Gasteiger partial charge in [-0.15, -0.1) is 11.8 Å². The molecule has 0 aliphatic heterocycles. The number of nitrogen functional groups attached to an aromatic ring is 1. The van der Waals surface area contributed by atoms with Gasteiger partial charge in [-0.2, -0.15) is 0 Å². The van der Waals surface area contributed by atoms with Crippen molar-refractivity contribution < 1.29 is 4.39 Å². The molecule has 1 aromatic carbocycles. The van der Waals surface area contributed by atoms with Crippen molar-refractivity contribution in [2.75, 3.05) is 5.73 Å². The standard InChI is InChI=1S/C12H10ClFN2S/c13-12-8(2-1-5-16-12)7-17-11-4-3-9(14)6-10(11)15/h1-6H,7,15H2. The van der Waals surface area contributed by atoms with E-state index in [1.165, 1.54) is 23.9 Å². The highest BCUT2D eigenvalue weighted by atomic mass is 35.5. The van der Waals surface area contributed by atoms with Crippen LogP contribution in [0.25, 0.3) is 0 Å². The monoisotopic (exact) mass is 268 g/mol. The second-order valence-corrected chi connectivity index (χ2v) is 4.80. The summed E-state index contributed by atoms with van der Waals surface area (Å²) in [4.78, 5) is 4.83. The highest BCUT2D eigenvalue weighted by Crippen LogP contribution is 2.30. The predicted octanol–water partition coefficient (Wildman–Crippen LogP) is 3.75. The Balaban J connectivity index is 2.10. The number of nitrogens with two attached hydrogens (primary N) is 1. The molecule has 0 unspecified atom stereocenters. The third-order valence-corrected chi connectivity index (χ3v) is 3.67. The number of pyridine rings is 1. The molecule has 1 aromatic heterocycles. The van der Waals surface area contributed by atoms with Crippen molar-refractivity contribution in [3.8, 4) is 0 Å². The van der Waals surface area contributed by atoms with E-state index in [-0.39, 0.29) is 5.82 Å². The molecule has 5 heteroatoms. The molecule has 17 heavy (non-hydrogen) atoms. The van der Waals surface area contributed by atoms with Gasteiger partial charge in [-0.05, 0) is 29.8 Å². The van der Waals surface area contributed by atoms with Crippen molar-refractivity contribution in [3.63, 3.8) is 0 Å². The Morgan fingerprint density at radius 3 is 2.88 bits per heavy atom. The molecule has 0 atom stereocenters. The average molecular weight is 269 g/mol. The fourth-order valence-corrected chi connectivity index (χ4v) is 2.53. The number of rotatable bonds is 3. The van der Waals surface area contributed by atoms with Gasteiger partial charge in [0.2, 0.25) is 0 Å². The number of hydrogen-bond donors (Lipinski definition) is 1. The SMILES string of the molecule is Nc1cc(F)ccc1SCc1cccnc1Cl. The lowest BCUT2D eigenvalue weighted by Gasteiger charge is -2.06. The summed E-state index contributed by atoms with van der Waals surface area (Å²) in [7, 11) is 0. The maximum absolute atomic E-state index is 12.9. The Hall–Kier alpha value is -1.26. The first-order valence-electron chi connectivity index (χ1n) is 4.94. The first-order valence-corrected chi connectivity index (χ1v) is 6.30. The van der Waals surface area contributed by atoms with Gasteiger partial charge in [0.25, 0.3) is 0 Å². The molecule has 2 aromatic rings. The van der Waals surface area contributed by atoms with Crippen molar-refractivity contribution in [1.29, 1.82) is 0 Å². The van der Waals surface area contributed by atoms with Gasteiger partial charge in [-0.3, -0.25) is 0 Å². The number of thioether (sulfide) groups is 1. The molecule has 0 amide bonds. The molecular formula is C12H10ClFN2S. The lowest BCUT2D eigenvalue weighted by atomic mass is 10.3. The van der Waals surface area contributed by atoms with Crippen molar-refractivity contribution in [3.05, 3.63) is 53.1 Å². The van der Waals surface area contributed by atoms with E-state index in [9.17, 15) is 4.39 Å². The predicted molar refractivity (Wildman–Crippen MR) is 69.6 cm³/mol. The largest absolute Gasteiger partial charge is 0.398 e. The van der Waals surface area contributed by atoms with Crippen molar-refractivity contribution in [2.45, 2.75) is 10.6 Å². The van der Waals surface area contributed by atoms with E-state index in [0.717, 1.165) is 10.5 Å². The molecule has 0 radical (unpaired) electrons. The van der Waals surface area contributed by atoms with Gasteiger partial charge in [0.1, 0.15) is 11.0 Å². The minimum Gasteiger partial charge on any atom is -0.398 e. The number of benzene rings is 1. The Morgan fingerprint density at radius 1 is 1.35 bits per heavy atom. The number of nitrogens with zero attached hydrogens (tertiary/aromatic N) is 1. The van der Waals surface area contributed by atoms with E-state index in [4.69, 9.17) is 17.3 Å². The van der Waals surface area contributed by atoms with Crippen LogP contribution in [0.4, 0.5) is 10.1 Å². The Labute approximate surface area is 108 Å². The molecule has 2 nitrogen and oxygen atoms in total. The van der Waals surface area contributed by atoms with Crippen LogP contribution in [0.3, 0.4) is 0 Å². The first kappa shape index (κ1) is 12.2. The number of halogens is 2. The fourth-order valence-electron chi connectivity index (χ4n) is 1.33. The van der Waals surface area contributed by atoms with Gasteiger partial charge in [-0.1, -0.05) is 17.7 Å². The molecule has 2 rings (SSSR count). The first-order chi connectivity index (χ1) is 8.16. The zero-order chi connectivity index (χ0) is 12.3. The quantitative estimate of drug-likeness (QED) is 0.523. The van der Waals surface area contributed by atoms with Crippen LogP contribution in [0, 0.1) is 5.82 Å². The van der Waals surface area contributed by atoms with Crippen LogP contribution in [0.1, 0.15) is 5.56 Å². The van der Waals surface area contributed by atoms with E-state index in [0.29, 0.717) is 16.6 Å². The van der Waals surface area contributed by atoms with Crippen molar-refractivity contribution in [2.24, 2.45) is 0 Å². The normalized spacial score (nSPS) is 10.5. The molecule has 0 aliphatic rings. The van der Waals surface area contributed by atoms with Crippen LogP contribution in [0.5, 0.6) is 0 Å². The topological polar surface area (TPSA) is 38.9 Å². The van der Waals surface area contributed by atoms with Gasteiger partial charge in [0.05, 0.1) is 0 Å². The zero-order valence-corrected chi connectivity index (χ0v) is 10.4. The highest BCUT2D eigenvalue weighted by molar-refractivity contribution is 7.98. The van der Waals surface area contributed by atoms with Crippen LogP contribution in [0.15, 0.2) is 41.4 Å². The van der Waals surface area contributed by atoms with E-state index in [2.05, 4.69) is 4.98 Å². The lowest BCUT2D eigenvalue weighted by Crippen LogP contribution is -1.91. The maximum Gasteiger partial charge on any atom is 0.133 e. The Morgan fingerprint density at radius 2 is 2.18 bits per heavy atom. The molecule has 0 spiro atoms. The smallest absolute Gasteiger partial charge is 0.133 e. The highest BCUT2D eigenvalue weighted by Gasteiger charge is 2.05. The van der Waals surface area contributed by atoms with E-state index >= 15 is 0 Å². The summed E-state index contributed by atoms with van der Waals surface area (Å²) in [5.74, 6) is 0.328. The number of anilines is 1. The van der Waals surface area contributed by atoms with Gasteiger partial charge < -0.3 is 5.73 Å². The molecule has 0 aliphatic carbocycles. The second kappa shape index (κ2) is 5.38. The summed E-state index contributed by atoms with van der Waals surface area (Å²) in [6.07, 6.45) is 1.64. The molecule has 1 heterocycles. The molecule has 0 bridgehead atoms. The molecule has 88 valence electrons. The summed E-state index contributed by atoms with van der Waals surface area (Å²) in [6.45, 7) is 0. The minimum atomic E-state index is -0.328. The van der Waals surface area contributed by atoms with Crippen molar-refractivity contribution in [1.82, 2.24) is 4.98 Å². The molecule has 0 saturated carbocycles. The summed E-state index contributed by atoms with van der Waals surface area (Å²) in [5, 5.41) is 0.487. The maximum atomic E-state index is 12.9. The fraction of sp³-hybridized carbons (Fsp3) is 0.0833. The molecule has 2 N–H and O–H groups in total. The van der Waals surface area contributed by atoms with Crippen LogP contribution in [0.2, 0.25) is 5.15 Å². The third kappa shape index (κ3) is 3.11. The van der Waals surface area contributed by atoms with Gasteiger partial charge in [0.15, 0.2) is 0 Å². The number of hydrogen-bond acceptors (Lipinski definition) is 3. The van der Waals surface area contributed by atoms with Crippen LogP contribution < -0.4 is 5.73 Å². The average Bonchev–Trinajstić information content (AvgIpc) is 2.30. The third-order valence-electron chi connectivity index (χ3n) is 2.19. The van der Waals surface area contributed by atoms with E-state index in [1.807, 2.05) is 12.1 Å². The van der Waals surface area contributed by atoms with Gasteiger partial charge in [0, 0.05) is 22.5 Å². The van der Waals surface area contributed by atoms with Crippen LogP contribution >= 0.6 is 23.4 Å². The van der Waals surface area contributed by atoms with E-state index in [1.54, 1.807) is 12.3 Å². The summed E-state index contributed by atoms with van der Waals surface area (Å²) >= 11 is 7.45. The van der Waals surface area contributed by atoms with Gasteiger partial charge >= 0.3 is 0 Å². The molecule has 0 fully saturated rings. The summed E-state index contributed by atoms with van der Waals surface area (Å²) < 4.78 is 12.9. The molecule has 0 saturated heterocycles. The zero-order valence-electron chi connectivity index (χ0n) is 8.86. The summed E-state index contributed by atoms with van der Waals surface area (Å²) in [5.41, 5.74) is 7.09. The van der Waals surface area contributed by atoms with E-state index < -0.39 is 0 Å². The Kier molecular flexibility index (Phi) is 3.86. The summed E-state index contributed by atoms with van der Waals surface area (Å²) in [6, 6.07) is 8.11. The molecular weight excluding hydrogens is 259 g/mol. The number of aromatic nitrogens is 1. The van der Waals surface area contributed by atoms with Crippen LogP contribution in [-0.2, 0) is 5.75 Å². The van der Waals surface area contributed by atoms with Crippen molar-refractivity contribution >= 4 is 29.1 Å². The Bertz CT molecular complexity index is 534. The van der Waals surface area contributed by atoms with Crippen LogP contribution in [-0.4, -0.2) is 4.98 Å². The lowest BCUT2D eigenvalue weighted by molar-refractivity contribution is 0.627.